The summed E-state index contributed by atoms with van der Waals surface area (Å²) in [5.74, 6) is -0.180. The van der Waals surface area contributed by atoms with E-state index in [1.807, 2.05) is 60.7 Å². The Morgan fingerprint density at radius 1 is 0.773 bits per heavy atom. The van der Waals surface area contributed by atoms with E-state index in [1.54, 1.807) is 0 Å². The second kappa shape index (κ2) is 16.8. The number of hydrogen-bond donors (Lipinski definition) is 0. The lowest BCUT2D eigenvalue weighted by atomic mass is 9.98. The Bertz CT molecular complexity index is 1340. The predicted molar refractivity (Wildman–Crippen MR) is 166 cm³/mol. The molecule has 0 radical (unpaired) electrons. The number of imide groups is 1. The number of carbonyl (C=O) groups is 4. The SMILES string of the molecule is C=C(CC(=O)OC1CCCCC1)C(=O)OCCOc1ccc(/C=C/c2ccc(OCCCCN3C(=O)C=CC3=O)cc2)cc1. The molecule has 232 valence electrons. The first-order valence-electron chi connectivity index (χ1n) is 15.1. The molecule has 1 fully saturated rings. The quantitative estimate of drug-likeness (QED) is 0.0795. The highest BCUT2D eigenvalue weighted by molar-refractivity contribution is 6.12. The van der Waals surface area contributed by atoms with Gasteiger partial charge in [-0.1, -0.05) is 49.4 Å². The Labute approximate surface area is 258 Å². The van der Waals surface area contributed by atoms with E-state index in [-0.39, 0.29) is 43.1 Å². The van der Waals surface area contributed by atoms with Crippen LogP contribution in [0.1, 0.15) is 62.5 Å². The molecule has 1 saturated carbocycles. The van der Waals surface area contributed by atoms with E-state index in [9.17, 15) is 19.2 Å². The summed E-state index contributed by atoms with van der Waals surface area (Å²) in [5.41, 5.74) is 2.08. The number of carbonyl (C=O) groups excluding carboxylic acids is 4. The van der Waals surface area contributed by atoms with Crippen LogP contribution in [-0.2, 0) is 28.7 Å². The van der Waals surface area contributed by atoms with Gasteiger partial charge >= 0.3 is 11.9 Å². The van der Waals surface area contributed by atoms with Crippen LogP contribution in [0.15, 0.2) is 72.8 Å². The molecule has 9 nitrogen and oxygen atoms in total. The van der Waals surface area contributed by atoms with Crippen LogP contribution in [0, 0.1) is 0 Å². The average Bonchev–Trinajstić information content (AvgIpc) is 3.35. The third-order valence-corrected chi connectivity index (χ3v) is 7.26. The van der Waals surface area contributed by atoms with Gasteiger partial charge in [-0.05, 0) is 73.9 Å². The van der Waals surface area contributed by atoms with Gasteiger partial charge in [-0.3, -0.25) is 19.3 Å². The number of benzene rings is 2. The standard InChI is InChI=1S/C35H39NO8/c1-26(25-34(39)44-31-7-3-2-4-8-31)35(40)43-24-23-42-30-17-13-28(14-18-30)10-9-27-11-15-29(16-12-27)41-22-6-5-21-36-32(37)19-20-33(36)38/h9-20,31H,1-8,21-25H2/b10-9+. The predicted octanol–water partition coefficient (Wildman–Crippen LogP) is 5.69. The van der Waals surface area contributed by atoms with Gasteiger partial charge < -0.3 is 18.9 Å². The van der Waals surface area contributed by atoms with Crippen molar-refractivity contribution < 1.29 is 38.1 Å². The van der Waals surface area contributed by atoms with Gasteiger partial charge in [-0.15, -0.1) is 0 Å². The molecule has 2 aliphatic rings. The normalized spacial score (nSPS) is 15.0. The Hall–Kier alpha value is -4.66. The number of amides is 2. The highest BCUT2D eigenvalue weighted by Crippen LogP contribution is 2.21. The summed E-state index contributed by atoms with van der Waals surface area (Å²) < 4.78 is 22.0. The summed E-state index contributed by atoms with van der Waals surface area (Å²) in [6, 6.07) is 15.3. The van der Waals surface area contributed by atoms with Crippen molar-refractivity contribution >= 4 is 35.9 Å². The topological polar surface area (TPSA) is 108 Å². The monoisotopic (exact) mass is 601 g/mol. The third kappa shape index (κ3) is 10.6. The van der Waals surface area contributed by atoms with Crippen molar-refractivity contribution in [2.75, 3.05) is 26.4 Å². The molecule has 1 heterocycles. The van der Waals surface area contributed by atoms with Gasteiger partial charge in [-0.25, -0.2) is 4.79 Å². The third-order valence-electron chi connectivity index (χ3n) is 7.26. The van der Waals surface area contributed by atoms with Gasteiger partial charge in [0.15, 0.2) is 0 Å². The van der Waals surface area contributed by atoms with Crippen molar-refractivity contribution in [3.63, 3.8) is 0 Å². The molecule has 0 spiro atoms. The maximum absolute atomic E-state index is 12.1. The average molecular weight is 602 g/mol. The van der Waals surface area contributed by atoms with E-state index in [0.29, 0.717) is 25.3 Å². The van der Waals surface area contributed by atoms with Gasteiger partial charge in [-0.2, -0.15) is 0 Å². The van der Waals surface area contributed by atoms with Crippen LogP contribution in [-0.4, -0.2) is 61.1 Å². The molecule has 0 atom stereocenters. The lowest BCUT2D eigenvalue weighted by Gasteiger charge is -2.21. The molecule has 2 aromatic carbocycles. The maximum atomic E-state index is 12.1. The highest BCUT2D eigenvalue weighted by atomic mass is 16.6. The summed E-state index contributed by atoms with van der Waals surface area (Å²) in [6.07, 6.45) is 12.8. The zero-order chi connectivity index (χ0) is 31.1. The van der Waals surface area contributed by atoms with Gasteiger partial charge in [0.1, 0.15) is 30.8 Å². The molecule has 2 amide bonds. The molecule has 1 aliphatic carbocycles. The van der Waals surface area contributed by atoms with E-state index in [2.05, 4.69) is 6.58 Å². The van der Waals surface area contributed by atoms with Crippen LogP contribution in [0.3, 0.4) is 0 Å². The molecule has 9 heteroatoms. The number of nitrogens with zero attached hydrogens (tertiary/aromatic N) is 1. The number of unbranched alkanes of at least 4 members (excludes halogenated alkanes) is 1. The van der Waals surface area contributed by atoms with E-state index < -0.39 is 11.9 Å². The van der Waals surface area contributed by atoms with Crippen molar-refractivity contribution in [1.29, 1.82) is 0 Å². The summed E-state index contributed by atoms with van der Waals surface area (Å²) in [5, 5.41) is 0. The second-order valence-corrected chi connectivity index (χ2v) is 10.7. The van der Waals surface area contributed by atoms with Crippen LogP contribution in [0.5, 0.6) is 11.5 Å². The second-order valence-electron chi connectivity index (χ2n) is 10.7. The first kappa shape index (κ1) is 32.3. The van der Waals surface area contributed by atoms with Crippen molar-refractivity contribution in [3.05, 3.63) is 84.0 Å². The Morgan fingerprint density at radius 2 is 1.34 bits per heavy atom. The van der Waals surface area contributed by atoms with Crippen LogP contribution in [0.25, 0.3) is 12.2 Å². The van der Waals surface area contributed by atoms with E-state index >= 15 is 0 Å². The van der Waals surface area contributed by atoms with Crippen LogP contribution in [0.4, 0.5) is 0 Å². The number of esters is 2. The summed E-state index contributed by atoms with van der Waals surface area (Å²) in [7, 11) is 0. The fourth-order valence-corrected chi connectivity index (χ4v) is 4.81. The zero-order valence-electron chi connectivity index (χ0n) is 24.9. The molecule has 0 unspecified atom stereocenters. The first-order chi connectivity index (χ1) is 21.4. The minimum absolute atomic E-state index is 0.0369. The van der Waals surface area contributed by atoms with Crippen molar-refractivity contribution in [2.24, 2.45) is 0 Å². The molecule has 0 saturated heterocycles. The van der Waals surface area contributed by atoms with Crippen LogP contribution >= 0.6 is 0 Å². The minimum Gasteiger partial charge on any atom is -0.494 e. The molecule has 0 bridgehead atoms. The molecule has 4 rings (SSSR count). The summed E-state index contributed by atoms with van der Waals surface area (Å²) >= 11 is 0. The molecular formula is C35H39NO8. The fourth-order valence-electron chi connectivity index (χ4n) is 4.81. The van der Waals surface area contributed by atoms with Gasteiger partial charge in [0.05, 0.1) is 13.0 Å². The van der Waals surface area contributed by atoms with Crippen molar-refractivity contribution in [2.45, 2.75) is 57.5 Å². The van der Waals surface area contributed by atoms with Gasteiger partial charge in [0.25, 0.3) is 11.8 Å². The van der Waals surface area contributed by atoms with E-state index in [1.165, 1.54) is 23.5 Å². The molecule has 1 aliphatic heterocycles. The molecular weight excluding hydrogens is 562 g/mol. The smallest absolute Gasteiger partial charge is 0.334 e. The largest absolute Gasteiger partial charge is 0.494 e. The Morgan fingerprint density at radius 3 is 1.93 bits per heavy atom. The minimum atomic E-state index is -0.627. The number of hydrogen-bond acceptors (Lipinski definition) is 8. The number of ether oxygens (including phenoxy) is 4. The van der Waals surface area contributed by atoms with Crippen LogP contribution < -0.4 is 9.47 Å². The molecule has 44 heavy (non-hydrogen) atoms. The van der Waals surface area contributed by atoms with Crippen molar-refractivity contribution in [3.8, 4) is 11.5 Å². The van der Waals surface area contributed by atoms with Crippen LogP contribution in [0.2, 0.25) is 0 Å². The lowest BCUT2D eigenvalue weighted by Crippen LogP contribution is -2.31. The molecule has 2 aromatic rings. The zero-order valence-corrected chi connectivity index (χ0v) is 24.9. The lowest BCUT2D eigenvalue weighted by molar-refractivity contribution is -0.151. The fraction of sp³-hybridized carbons (Fsp3) is 0.371. The van der Waals surface area contributed by atoms with Gasteiger partial charge in [0.2, 0.25) is 0 Å². The van der Waals surface area contributed by atoms with E-state index in [0.717, 1.165) is 49.0 Å². The highest BCUT2D eigenvalue weighted by Gasteiger charge is 2.22. The first-order valence-corrected chi connectivity index (χ1v) is 15.1. The summed E-state index contributed by atoms with van der Waals surface area (Å²) in [6.45, 7) is 4.77. The van der Waals surface area contributed by atoms with Crippen molar-refractivity contribution in [1.82, 2.24) is 4.90 Å². The molecule has 0 N–H and O–H groups in total. The molecule has 0 aromatic heterocycles. The maximum Gasteiger partial charge on any atom is 0.334 e. The summed E-state index contributed by atoms with van der Waals surface area (Å²) in [4.78, 5) is 48.6. The number of rotatable bonds is 16. The Balaban J connectivity index is 1.08. The van der Waals surface area contributed by atoms with E-state index in [4.69, 9.17) is 18.9 Å². The Kier molecular flexibility index (Phi) is 12.3. The van der Waals surface area contributed by atoms with Gasteiger partial charge in [0, 0.05) is 24.3 Å².